The third-order valence-electron chi connectivity index (χ3n) is 1.52. The SMILES string of the molecule is C=C(Cl)CNCCCNC(=O)OC(C)(C)C. The Hall–Kier alpha value is -0.740. The van der Waals surface area contributed by atoms with E-state index >= 15 is 0 Å². The molecule has 0 saturated heterocycles. The summed E-state index contributed by atoms with van der Waals surface area (Å²) in [6, 6.07) is 0. The average molecular weight is 249 g/mol. The molecule has 0 radical (unpaired) electrons. The normalized spacial score (nSPS) is 11.0. The van der Waals surface area contributed by atoms with Crippen molar-refractivity contribution in [2.24, 2.45) is 0 Å². The molecule has 5 heteroatoms. The highest BCUT2D eigenvalue weighted by Gasteiger charge is 2.15. The van der Waals surface area contributed by atoms with E-state index in [1.807, 2.05) is 20.8 Å². The molecule has 0 bridgehead atoms. The number of carbonyl (C=O) groups is 1. The lowest BCUT2D eigenvalue weighted by molar-refractivity contribution is 0.0527. The second-order valence-electron chi connectivity index (χ2n) is 4.48. The molecule has 2 N–H and O–H groups in total. The van der Waals surface area contributed by atoms with E-state index in [4.69, 9.17) is 16.3 Å². The summed E-state index contributed by atoms with van der Waals surface area (Å²) in [6.07, 6.45) is 0.443. The van der Waals surface area contributed by atoms with Gasteiger partial charge in [0.2, 0.25) is 0 Å². The fraction of sp³-hybridized carbons (Fsp3) is 0.727. The molecule has 0 unspecified atom stereocenters. The maximum atomic E-state index is 11.2. The van der Waals surface area contributed by atoms with Gasteiger partial charge in [0.05, 0.1) is 0 Å². The van der Waals surface area contributed by atoms with Crippen LogP contribution in [0.4, 0.5) is 4.79 Å². The van der Waals surface area contributed by atoms with Gasteiger partial charge in [-0.1, -0.05) is 18.2 Å². The van der Waals surface area contributed by atoms with Crippen LogP contribution < -0.4 is 10.6 Å². The minimum absolute atomic E-state index is 0.380. The summed E-state index contributed by atoms with van der Waals surface area (Å²) in [6.45, 7) is 11.0. The van der Waals surface area contributed by atoms with E-state index in [1.54, 1.807) is 0 Å². The molecule has 0 aliphatic heterocycles. The molecule has 0 aromatic heterocycles. The van der Waals surface area contributed by atoms with Gasteiger partial charge in [-0.25, -0.2) is 4.79 Å². The number of rotatable bonds is 6. The van der Waals surface area contributed by atoms with E-state index in [-0.39, 0.29) is 6.09 Å². The number of hydrogen-bond acceptors (Lipinski definition) is 3. The van der Waals surface area contributed by atoms with Crippen LogP contribution in [-0.2, 0) is 4.74 Å². The van der Waals surface area contributed by atoms with Crippen LogP contribution >= 0.6 is 11.6 Å². The van der Waals surface area contributed by atoms with Crippen molar-refractivity contribution in [2.45, 2.75) is 32.8 Å². The van der Waals surface area contributed by atoms with E-state index in [9.17, 15) is 4.79 Å². The van der Waals surface area contributed by atoms with Crippen molar-refractivity contribution in [3.05, 3.63) is 11.6 Å². The summed E-state index contributed by atoms with van der Waals surface area (Å²) >= 11 is 5.57. The Morgan fingerprint density at radius 2 is 2.00 bits per heavy atom. The van der Waals surface area contributed by atoms with Crippen LogP contribution in [0.5, 0.6) is 0 Å². The van der Waals surface area contributed by atoms with Gasteiger partial charge in [-0.3, -0.25) is 0 Å². The maximum Gasteiger partial charge on any atom is 0.407 e. The van der Waals surface area contributed by atoms with Crippen molar-refractivity contribution in [3.63, 3.8) is 0 Å². The third kappa shape index (κ3) is 11.3. The summed E-state index contributed by atoms with van der Waals surface area (Å²) in [5.74, 6) is 0. The summed E-state index contributed by atoms with van der Waals surface area (Å²) < 4.78 is 5.08. The van der Waals surface area contributed by atoms with Crippen molar-refractivity contribution < 1.29 is 9.53 Å². The molecule has 0 aliphatic rings. The molecule has 0 aromatic carbocycles. The summed E-state index contributed by atoms with van der Waals surface area (Å²) in [4.78, 5) is 11.2. The number of hydrogen-bond donors (Lipinski definition) is 2. The monoisotopic (exact) mass is 248 g/mol. The smallest absolute Gasteiger partial charge is 0.407 e. The number of halogens is 1. The predicted molar refractivity (Wildman–Crippen MR) is 66.7 cm³/mol. The number of amides is 1. The molecule has 0 rings (SSSR count). The summed E-state index contributed by atoms with van der Waals surface area (Å²) in [5, 5.41) is 6.34. The first-order chi connectivity index (χ1) is 7.31. The van der Waals surface area contributed by atoms with E-state index in [0.717, 1.165) is 13.0 Å². The molecule has 0 aromatic rings. The van der Waals surface area contributed by atoms with E-state index in [2.05, 4.69) is 17.2 Å². The molecule has 94 valence electrons. The van der Waals surface area contributed by atoms with Crippen molar-refractivity contribution >= 4 is 17.7 Å². The predicted octanol–water partition coefficient (Wildman–Crippen LogP) is 2.24. The lowest BCUT2D eigenvalue weighted by Gasteiger charge is -2.19. The van der Waals surface area contributed by atoms with Crippen LogP contribution in [0.1, 0.15) is 27.2 Å². The fourth-order valence-electron chi connectivity index (χ4n) is 0.942. The van der Waals surface area contributed by atoms with E-state index in [1.165, 1.54) is 0 Å². The zero-order valence-electron chi connectivity index (χ0n) is 10.2. The minimum Gasteiger partial charge on any atom is -0.444 e. The zero-order chi connectivity index (χ0) is 12.6. The minimum atomic E-state index is -0.446. The van der Waals surface area contributed by atoms with Crippen LogP contribution in [-0.4, -0.2) is 31.3 Å². The number of alkyl carbamates (subject to hydrolysis) is 1. The van der Waals surface area contributed by atoms with Gasteiger partial charge in [0.15, 0.2) is 0 Å². The van der Waals surface area contributed by atoms with Gasteiger partial charge in [-0.15, -0.1) is 0 Å². The van der Waals surface area contributed by atoms with Crippen molar-refractivity contribution in [3.8, 4) is 0 Å². The Labute approximate surface area is 102 Å². The fourth-order valence-corrected chi connectivity index (χ4v) is 1.04. The Morgan fingerprint density at radius 1 is 1.38 bits per heavy atom. The van der Waals surface area contributed by atoms with Gasteiger partial charge < -0.3 is 15.4 Å². The van der Waals surface area contributed by atoms with Crippen LogP contribution in [0.2, 0.25) is 0 Å². The number of ether oxygens (including phenoxy) is 1. The highest BCUT2D eigenvalue weighted by atomic mass is 35.5. The number of nitrogens with one attached hydrogen (secondary N) is 2. The molecule has 0 spiro atoms. The second kappa shape index (κ2) is 7.52. The Bertz CT molecular complexity index is 237. The molecular formula is C11H21ClN2O2. The standard InChI is InChI=1S/C11H21ClN2O2/c1-9(12)8-13-6-5-7-14-10(15)16-11(2,3)4/h13H,1,5-8H2,2-4H3,(H,14,15). The lowest BCUT2D eigenvalue weighted by atomic mass is 10.2. The molecule has 0 aliphatic carbocycles. The average Bonchev–Trinajstić information content (AvgIpc) is 2.07. The van der Waals surface area contributed by atoms with Crippen molar-refractivity contribution in [2.75, 3.05) is 19.6 Å². The Balaban J connectivity index is 3.38. The van der Waals surface area contributed by atoms with Gasteiger partial charge in [0.1, 0.15) is 5.60 Å². The summed E-state index contributed by atoms with van der Waals surface area (Å²) in [5.41, 5.74) is -0.446. The third-order valence-corrected chi connectivity index (χ3v) is 1.65. The van der Waals surface area contributed by atoms with E-state index < -0.39 is 5.60 Å². The molecular weight excluding hydrogens is 228 g/mol. The molecule has 1 amide bonds. The van der Waals surface area contributed by atoms with Gasteiger partial charge in [0, 0.05) is 18.1 Å². The van der Waals surface area contributed by atoms with Crippen LogP contribution in [0.25, 0.3) is 0 Å². The van der Waals surface area contributed by atoms with Crippen LogP contribution in [0, 0.1) is 0 Å². The zero-order valence-corrected chi connectivity index (χ0v) is 11.0. The molecule has 0 fully saturated rings. The first-order valence-electron chi connectivity index (χ1n) is 5.32. The largest absolute Gasteiger partial charge is 0.444 e. The van der Waals surface area contributed by atoms with Gasteiger partial charge in [-0.2, -0.15) is 0 Å². The molecule has 16 heavy (non-hydrogen) atoms. The highest BCUT2D eigenvalue weighted by molar-refractivity contribution is 6.29. The molecule has 4 nitrogen and oxygen atoms in total. The molecule has 0 heterocycles. The summed E-state index contributed by atoms with van der Waals surface area (Å²) in [7, 11) is 0. The van der Waals surface area contributed by atoms with Crippen molar-refractivity contribution in [1.29, 1.82) is 0 Å². The first kappa shape index (κ1) is 15.3. The van der Waals surface area contributed by atoms with E-state index in [0.29, 0.717) is 18.1 Å². The number of carbonyl (C=O) groups excluding carboxylic acids is 1. The van der Waals surface area contributed by atoms with Gasteiger partial charge in [0.25, 0.3) is 0 Å². The highest BCUT2D eigenvalue weighted by Crippen LogP contribution is 2.06. The molecule has 0 saturated carbocycles. The van der Waals surface area contributed by atoms with Crippen LogP contribution in [0.3, 0.4) is 0 Å². The maximum absolute atomic E-state index is 11.2. The Kier molecular flexibility index (Phi) is 7.17. The Morgan fingerprint density at radius 3 is 2.50 bits per heavy atom. The van der Waals surface area contributed by atoms with Gasteiger partial charge >= 0.3 is 6.09 Å². The van der Waals surface area contributed by atoms with Gasteiger partial charge in [-0.05, 0) is 33.7 Å². The quantitative estimate of drug-likeness (QED) is 0.709. The topological polar surface area (TPSA) is 50.4 Å². The second-order valence-corrected chi connectivity index (χ2v) is 5.01. The van der Waals surface area contributed by atoms with Crippen LogP contribution in [0.15, 0.2) is 11.6 Å². The first-order valence-corrected chi connectivity index (χ1v) is 5.70. The van der Waals surface area contributed by atoms with Crippen molar-refractivity contribution in [1.82, 2.24) is 10.6 Å². The lowest BCUT2D eigenvalue weighted by Crippen LogP contribution is -2.34. The molecule has 0 atom stereocenters.